The molecule has 1 aliphatic heterocycles. The minimum atomic E-state index is -0.508. The Morgan fingerprint density at radius 1 is 0.304 bits per heavy atom. The van der Waals surface area contributed by atoms with Crippen molar-refractivity contribution in [2.45, 2.75) is 42.9 Å². The monoisotopic (exact) mass is 885 g/mol. The van der Waals surface area contributed by atoms with Crippen molar-refractivity contribution >= 4 is 17.1 Å². The van der Waals surface area contributed by atoms with Crippen LogP contribution in [0.3, 0.4) is 0 Å². The van der Waals surface area contributed by atoms with E-state index >= 15 is 0 Å². The Bertz CT molecular complexity index is 3370. The molecule has 2 nitrogen and oxygen atoms in total. The number of fused-ring (bicyclic) bond motifs is 9. The van der Waals surface area contributed by atoms with E-state index in [0.29, 0.717) is 0 Å². The molecule has 10 aromatic rings. The predicted octanol–water partition coefficient (Wildman–Crippen LogP) is 17.9. The van der Waals surface area contributed by atoms with Crippen molar-refractivity contribution in [3.05, 3.63) is 282 Å². The molecule has 2 heteroatoms. The second-order valence-electron chi connectivity index (χ2n) is 19.1. The summed E-state index contributed by atoms with van der Waals surface area (Å²) in [5, 5.41) is 0. The largest absolute Gasteiger partial charge is 0.457 e. The third-order valence-electron chi connectivity index (χ3n) is 15.4. The molecule has 1 heterocycles. The van der Waals surface area contributed by atoms with Gasteiger partial charge in [0.15, 0.2) is 0 Å². The normalized spacial score (nSPS) is 14.7. The lowest BCUT2D eigenvalue weighted by Gasteiger charge is -2.40. The first kappa shape index (κ1) is 41.0. The average Bonchev–Trinajstić information content (AvgIpc) is 3.72. The molecule has 0 bridgehead atoms. The van der Waals surface area contributed by atoms with Gasteiger partial charge < -0.3 is 9.64 Å². The van der Waals surface area contributed by atoms with E-state index in [2.05, 4.69) is 254 Å². The molecule has 0 unspecified atom stereocenters. The molecule has 10 aromatic carbocycles. The second-order valence-corrected chi connectivity index (χ2v) is 19.1. The summed E-state index contributed by atoms with van der Waals surface area (Å²) in [7, 11) is 0. The quantitative estimate of drug-likeness (QED) is 0.151. The summed E-state index contributed by atoms with van der Waals surface area (Å²) < 4.78 is 6.66. The van der Waals surface area contributed by atoms with Crippen LogP contribution in [-0.2, 0) is 10.8 Å². The summed E-state index contributed by atoms with van der Waals surface area (Å²) >= 11 is 0. The van der Waals surface area contributed by atoms with Crippen LogP contribution in [0.4, 0.5) is 17.1 Å². The third-order valence-corrected chi connectivity index (χ3v) is 15.4. The number of hydrogen-bond donors (Lipinski definition) is 0. The van der Waals surface area contributed by atoms with Gasteiger partial charge in [-0.1, -0.05) is 213 Å². The summed E-state index contributed by atoms with van der Waals surface area (Å²) in [5.74, 6) is 1.83. The summed E-state index contributed by atoms with van der Waals surface area (Å²) in [6.07, 6.45) is 5.86. The molecule has 3 aliphatic rings. The molecule has 1 saturated carbocycles. The van der Waals surface area contributed by atoms with Crippen LogP contribution in [0.15, 0.2) is 249 Å². The number of rotatable bonds is 8. The fraction of sp³-hybridized carbons (Fsp3) is 0.104. The summed E-state index contributed by atoms with van der Waals surface area (Å²) in [5.41, 5.74) is 20.4. The highest BCUT2D eigenvalue weighted by Gasteiger charge is 2.51. The molecule has 0 amide bonds. The van der Waals surface area contributed by atoms with Gasteiger partial charge in [0, 0.05) is 33.6 Å². The highest BCUT2D eigenvalue weighted by molar-refractivity contribution is 5.90. The molecular weight excluding hydrogens is 835 g/mol. The molecule has 2 aliphatic carbocycles. The molecule has 0 N–H and O–H groups in total. The van der Waals surface area contributed by atoms with E-state index in [1.165, 1.54) is 97.2 Å². The lowest BCUT2D eigenvalue weighted by atomic mass is 9.64. The van der Waals surface area contributed by atoms with E-state index in [4.69, 9.17) is 4.74 Å². The van der Waals surface area contributed by atoms with E-state index < -0.39 is 5.41 Å². The van der Waals surface area contributed by atoms with Crippen molar-refractivity contribution in [3.63, 3.8) is 0 Å². The second kappa shape index (κ2) is 16.8. The molecule has 0 aromatic heterocycles. The van der Waals surface area contributed by atoms with Crippen LogP contribution in [0.5, 0.6) is 11.5 Å². The van der Waals surface area contributed by atoms with E-state index in [0.717, 1.165) is 41.4 Å². The van der Waals surface area contributed by atoms with Gasteiger partial charge in [0.25, 0.3) is 0 Å². The summed E-state index contributed by atoms with van der Waals surface area (Å²) in [6, 6.07) is 92.0. The average molecular weight is 886 g/mol. The van der Waals surface area contributed by atoms with Crippen LogP contribution < -0.4 is 9.64 Å². The Hall–Kier alpha value is -8.20. The molecular formula is C67H51NO. The first-order chi connectivity index (χ1) is 34.2. The number of para-hydroxylation sites is 2. The van der Waals surface area contributed by atoms with Gasteiger partial charge in [-0.3, -0.25) is 0 Å². The van der Waals surface area contributed by atoms with Gasteiger partial charge in [-0.05, 0) is 134 Å². The smallest absolute Gasteiger partial charge is 0.132 e. The maximum Gasteiger partial charge on any atom is 0.132 e. The first-order valence-electron chi connectivity index (χ1n) is 24.6. The van der Waals surface area contributed by atoms with Crippen molar-refractivity contribution in [3.8, 4) is 56.0 Å². The fourth-order valence-electron chi connectivity index (χ4n) is 12.2. The molecule has 330 valence electrons. The standard InChI is InChI=1S/C67H51NO/c1-4-18-47(19-5-1)49-32-37-55(38-33-49)68(56-39-34-50(35-40-56)48-20-6-2-7-21-48)57-25-17-24-54(46-57)66(42-14-3-15-43-66)53-23-16-22-51(44-53)52-36-41-59-58-26-8-9-27-60(58)67(63(59)45-52)61-28-10-12-30-64(61)69-65-31-13-11-29-62(65)67/h1-2,4-13,16-41,44-46H,3,14-15,42-43H2. The molecule has 13 rings (SSSR count). The van der Waals surface area contributed by atoms with Crippen molar-refractivity contribution in [2.24, 2.45) is 0 Å². The topological polar surface area (TPSA) is 12.5 Å². The van der Waals surface area contributed by atoms with Gasteiger partial charge in [0.2, 0.25) is 0 Å². The molecule has 1 fully saturated rings. The third kappa shape index (κ3) is 6.77. The van der Waals surface area contributed by atoms with Gasteiger partial charge in [-0.25, -0.2) is 0 Å². The zero-order valence-corrected chi connectivity index (χ0v) is 38.6. The van der Waals surface area contributed by atoms with Gasteiger partial charge >= 0.3 is 0 Å². The zero-order chi connectivity index (χ0) is 45.8. The van der Waals surface area contributed by atoms with Gasteiger partial charge in [0.05, 0.1) is 5.41 Å². The molecule has 0 atom stereocenters. The molecule has 1 spiro atoms. The van der Waals surface area contributed by atoms with Crippen LogP contribution in [0.2, 0.25) is 0 Å². The molecule has 69 heavy (non-hydrogen) atoms. The Kier molecular flexibility index (Phi) is 10.0. The van der Waals surface area contributed by atoms with Crippen LogP contribution in [0.1, 0.15) is 65.5 Å². The lowest BCUT2D eigenvalue weighted by Crippen LogP contribution is -2.32. The van der Waals surface area contributed by atoms with Crippen molar-refractivity contribution in [1.29, 1.82) is 0 Å². The van der Waals surface area contributed by atoms with Crippen molar-refractivity contribution < 1.29 is 4.74 Å². The summed E-state index contributed by atoms with van der Waals surface area (Å²) in [6.45, 7) is 0. The van der Waals surface area contributed by atoms with E-state index in [1.54, 1.807) is 0 Å². The number of anilines is 3. The Balaban J connectivity index is 0.922. The van der Waals surface area contributed by atoms with Gasteiger partial charge in [0.1, 0.15) is 11.5 Å². The van der Waals surface area contributed by atoms with Gasteiger partial charge in [-0.2, -0.15) is 0 Å². The van der Waals surface area contributed by atoms with Crippen LogP contribution in [0.25, 0.3) is 44.5 Å². The lowest BCUT2D eigenvalue weighted by molar-refractivity contribution is 0.346. The number of ether oxygens (including phenoxy) is 1. The van der Waals surface area contributed by atoms with Crippen LogP contribution in [-0.4, -0.2) is 0 Å². The highest BCUT2D eigenvalue weighted by Crippen LogP contribution is 2.62. The van der Waals surface area contributed by atoms with Crippen molar-refractivity contribution in [2.75, 3.05) is 4.90 Å². The predicted molar refractivity (Wildman–Crippen MR) is 285 cm³/mol. The van der Waals surface area contributed by atoms with Gasteiger partial charge in [-0.15, -0.1) is 0 Å². The minimum Gasteiger partial charge on any atom is -0.457 e. The van der Waals surface area contributed by atoms with Crippen LogP contribution in [0, 0.1) is 0 Å². The Labute approximate surface area is 405 Å². The Morgan fingerprint density at radius 3 is 1.39 bits per heavy atom. The summed E-state index contributed by atoms with van der Waals surface area (Å²) in [4.78, 5) is 2.44. The number of hydrogen-bond acceptors (Lipinski definition) is 2. The maximum atomic E-state index is 6.66. The maximum absolute atomic E-state index is 6.66. The number of nitrogens with zero attached hydrogens (tertiary/aromatic N) is 1. The van der Waals surface area contributed by atoms with Crippen molar-refractivity contribution in [1.82, 2.24) is 0 Å². The number of benzene rings is 10. The zero-order valence-electron chi connectivity index (χ0n) is 38.6. The molecule has 0 radical (unpaired) electrons. The fourth-order valence-corrected chi connectivity index (χ4v) is 12.2. The van der Waals surface area contributed by atoms with E-state index in [1.807, 2.05) is 0 Å². The Morgan fingerprint density at radius 2 is 0.768 bits per heavy atom. The van der Waals surface area contributed by atoms with E-state index in [9.17, 15) is 0 Å². The van der Waals surface area contributed by atoms with Crippen LogP contribution >= 0.6 is 0 Å². The SMILES string of the molecule is c1ccc(-c2ccc(N(c3ccc(-c4ccccc4)cc3)c3cccc(C4(c5cccc(-c6ccc7c(c6)C6(c8ccccc8Oc8ccccc86)c6ccccc6-7)c5)CCCCC4)c3)cc2)cc1. The molecule has 0 saturated heterocycles. The first-order valence-corrected chi connectivity index (χ1v) is 24.6. The minimum absolute atomic E-state index is 0.142. The van der Waals surface area contributed by atoms with E-state index in [-0.39, 0.29) is 5.41 Å². The highest BCUT2D eigenvalue weighted by atomic mass is 16.5.